The maximum atomic E-state index is 11.9. The van der Waals surface area contributed by atoms with Gasteiger partial charge in [0.15, 0.2) is 0 Å². The van der Waals surface area contributed by atoms with Gasteiger partial charge in [0.2, 0.25) is 17.6 Å². The van der Waals surface area contributed by atoms with Crippen LogP contribution in [-0.2, 0) is 17.0 Å². The number of nitrogens with one attached hydrogen (secondary N) is 1. The van der Waals surface area contributed by atoms with Gasteiger partial charge in [-0.25, -0.2) is 0 Å². The van der Waals surface area contributed by atoms with Crippen LogP contribution in [0.25, 0.3) is 11.4 Å². The number of carbonyl (C=O) groups excluding carboxylic acids is 1. The summed E-state index contributed by atoms with van der Waals surface area (Å²) in [7, 11) is 0. The van der Waals surface area contributed by atoms with Crippen LogP contribution < -0.4 is 5.32 Å². The van der Waals surface area contributed by atoms with Gasteiger partial charge in [0, 0.05) is 41.8 Å². The monoisotopic (exact) mass is 373 g/mol. The van der Waals surface area contributed by atoms with Crippen molar-refractivity contribution in [3.8, 4) is 11.4 Å². The molecular weight excluding hydrogens is 354 g/mol. The minimum Gasteiger partial charge on any atom is -0.355 e. The summed E-state index contributed by atoms with van der Waals surface area (Å²) in [6.45, 7) is 0.667. The Morgan fingerprint density at radius 1 is 1.24 bits per heavy atom. The number of aromatic nitrogens is 2. The van der Waals surface area contributed by atoms with Gasteiger partial charge >= 0.3 is 0 Å². The van der Waals surface area contributed by atoms with Gasteiger partial charge < -0.3 is 9.84 Å². The molecule has 0 atom stereocenters. The van der Waals surface area contributed by atoms with E-state index < -0.39 is 0 Å². The molecular formula is C18H19N3O2S2. The molecule has 2 aromatic heterocycles. The number of hydrogen-bond donors (Lipinski definition) is 1. The van der Waals surface area contributed by atoms with Gasteiger partial charge in [0.05, 0.1) is 0 Å². The lowest BCUT2D eigenvalue weighted by molar-refractivity contribution is -0.121. The van der Waals surface area contributed by atoms with E-state index in [2.05, 4.69) is 27.6 Å². The first-order valence-corrected chi connectivity index (χ1v) is 10.1. The molecule has 3 aromatic rings. The number of rotatable bonds is 9. The third kappa shape index (κ3) is 5.72. The highest BCUT2D eigenvalue weighted by molar-refractivity contribution is 7.98. The van der Waals surface area contributed by atoms with Crippen molar-refractivity contribution in [3.63, 3.8) is 0 Å². The quantitative estimate of drug-likeness (QED) is 0.578. The molecule has 0 aliphatic heterocycles. The summed E-state index contributed by atoms with van der Waals surface area (Å²) in [6, 6.07) is 12.3. The summed E-state index contributed by atoms with van der Waals surface area (Å²) in [4.78, 5) is 16.2. The van der Waals surface area contributed by atoms with Crippen LogP contribution in [0, 0.1) is 0 Å². The molecule has 0 aliphatic rings. The Morgan fingerprint density at radius 3 is 2.92 bits per heavy atom. The van der Waals surface area contributed by atoms with Crippen LogP contribution in [0.1, 0.15) is 17.9 Å². The molecule has 1 amide bonds. The fraction of sp³-hybridized carbons (Fsp3) is 0.278. The number of hydrogen-bond acceptors (Lipinski definition) is 6. The molecule has 0 unspecified atom stereocenters. The maximum Gasteiger partial charge on any atom is 0.227 e. The van der Waals surface area contributed by atoms with Crippen LogP contribution >= 0.6 is 23.1 Å². The number of carbonyl (C=O) groups is 1. The van der Waals surface area contributed by atoms with Crippen LogP contribution in [-0.4, -0.2) is 28.3 Å². The largest absolute Gasteiger partial charge is 0.355 e. The molecule has 3 rings (SSSR count). The van der Waals surface area contributed by atoms with Crippen molar-refractivity contribution < 1.29 is 9.32 Å². The van der Waals surface area contributed by atoms with E-state index >= 15 is 0 Å². The Balaban J connectivity index is 1.30. The highest BCUT2D eigenvalue weighted by Crippen LogP contribution is 2.19. The first kappa shape index (κ1) is 17.7. The van der Waals surface area contributed by atoms with Crippen molar-refractivity contribution in [2.45, 2.75) is 18.6 Å². The van der Waals surface area contributed by atoms with E-state index in [4.69, 9.17) is 4.52 Å². The average molecular weight is 374 g/mol. The van der Waals surface area contributed by atoms with Crippen molar-refractivity contribution >= 4 is 29.0 Å². The lowest BCUT2D eigenvalue weighted by Gasteiger charge is -2.04. The molecule has 0 saturated heterocycles. The summed E-state index contributed by atoms with van der Waals surface area (Å²) in [5, 5.41) is 10.8. The Hall–Kier alpha value is -2.12. The van der Waals surface area contributed by atoms with Crippen LogP contribution in [0.2, 0.25) is 0 Å². The molecule has 0 radical (unpaired) electrons. The minimum atomic E-state index is 0.00981. The van der Waals surface area contributed by atoms with E-state index in [0.29, 0.717) is 31.1 Å². The third-order valence-corrected chi connectivity index (χ3v) is 5.21. The van der Waals surface area contributed by atoms with Gasteiger partial charge in [-0.05, 0) is 17.0 Å². The Kier molecular flexibility index (Phi) is 6.64. The predicted octanol–water partition coefficient (Wildman–Crippen LogP) is 3.78. The fourth-order valence-electron chi connectivity index (χ4n) is 2.20. The highest BCUT2D eigenvalue weighted by atomic mass is 32.2. The first-order chi connectivity index (χ1) is 12.3. The summed E-state index contributed by atoms with van der Waals surface area (Å²) < 4.78 is 5.19. The highest BCUT2D eigenvalue weighted by Gasteiger charge is 2.10. The predicted molar refractivity (Wildman–Crippen MR) is 102 cm³/mol. The van der Waals surface area contributed by atoms with Gasteiger partial charge in [0.1, 0.15) is 0 Å². The van der Waals surface area contributed by atoms with Crippen molar-refractivity contribution in [1.82, 2.24) is 15.5 Å². The molecule has 0 fully saturated rings. The van der Waals surface area contributed by atoms with E-state index in [1.807, 2.05) is 46.8 Å². The molecule has 130 valence electrons. The minimum absolute atomic E-state index is 0.00981. The molecule has 25 heavy (non-hydrogen) atoms. The van der Waals surface area contributed by atoms with Gasteiger partial charge in [-0.1, -0.05) is 35.5 Å². The number of thioether (sulfide) groups is 1. The van der Waals surface area contributed by atoms with Crippen molar-refractivity contribution in [1.29, 1.82) is 0 Å². The normalized spacial score (nSPS) is 10.7. The molecule has 1 N–H and O–H groups in total. The van der Waals surface area contributed by atoms with E-state index in [-0.39, 0.29) is 5.91 Å². The molecule has 7 heteroatoms. The molecule has 0 bridgehead atoms. The smallest absolute Gasteiger partial charge is 0.227 e. The van der Waals surface area contributed by atoms with E-state index in [9.17, 15) is 4.79 Å². The summed E-state index contributed by atoms with van der Waals surface area (Å²) >= 11 is 3.40. The molecule has 1 aromatic carbocycles. The number of aryl methyl sites for hydroxylation is 1. The zero-order valence-electron chi connectivity index (χ0n) is 13.7. The van der Waals surface area contributed by atoms with E-state index in [1.165, 1.54) is 5.56 Å². The molecule has 0 aliphatic carbocycles. The second kappa shape index (κ2) is 9.39. The lowest BCUT2D eigenvalue weighted by atomic mass is 10.2. The second-order valence-corrected chi connectivity index (χ2v) is 7.30. The molecule has 5 nitrogen and oxygen atoms in total. The number of amides is 1. The van der Waals surface area contributed by atoms with E-state index in [0.717, 1.165) is 17.1 Å². The first-order valence-electron chi connectivity index (χ1n) is 8.05. The zero-order valence-corrected chi connectivity index (χ0v) is 15.3. The van der Waals surface area contributed by atoms with Crippen LogP contribution in [0.15, 0.2) is 51.7 Å². The SMILES string of the molecule is O=C(CCc1nc(-c2ccsc2)no1)NCCSCc1ccccc1. The fourth-order valence-corrected chi connectivity index (χ4v) is 3.65. The maximum absolute atomic E-state index is 11.9. The standard InChI is InChI=1S/C18H19N3O2S2/c22-16(19-9-11-25-12-14-4-2-1-3-5-14)6-7-17-20-18(21-23-17)15-8-10-24-13-15/h1-5,8,10,13H,6-7,9,11-12H2,(H,19,22). The topological polar surface area (TPSA) is 68.0 Å². The summed E-state index contributed by atoms with van der Waals surface area (Å²) in [5.41, 5.74) is 2.25. The third-order valence-electron chi connectivity index (χ3n) is 3.49. The van der Waals surface area contributed by atoms with Crippen molar-refractivity contribution in [2.24, 2.45) is 0 Å². The Labute approximate surface area is 154 Å². The number of benzene rings is 1. The number of nitrogens with zero attached hydrogens (tertiary/aromatic N) is 2. The summed E-state index contributed by atoms with van der Waals surface area (Å²) in [6.07, 6.45) is 0.814. The zero-order chi connectivity index (χ0) is 17.3. The number of thiophene rings is 1. The Morgan fingerprint density at radius 2 is 2.12 bits per heavy atom. The van der Waals surface area contributed by atoms with Crippen molar-refractivity contribution in [2.75, 3.05) is 12.3 Å². The van der Waals surface area contributed by atoms with Crippen LogP contribution in [0.4, 0.5) is 0 Å². The van der Waals surface area contributed by atoms with Gasteiger partial charge in [-0.3, -0.25) is 4.79 Å². The van der Waals surface area contributed by atoms with Crippen molar-refractivity contribution in [3.05, 3.63) is 58.6 Å². The van der Waals surface area contributed by atoms with Crippen LogP contribution in [0.5, 0.6) is 0 Å². The van der Waals surface area contributed by atoms with Gasteiger partial charge in [-0.2, -0.15) is 28.1 Å². The van der Waals surface area contributed by atoms with Crippen LogP contribution in [0.3, 0.4) is 0 Å². The van der Waals surface area contributed by atoms with Gasteiger partial charge in [-0.15, -0.1) is 0 Å². The Bertz CT molecular complexity index is 773. The lowest BCUT2D eigenvalue weighted by Crippen LogP contribution is -2.25. The van der Waals surface area contributed by atoms with E-state index in [1.54, 1.807) is 11.3 Å². The average Bonchev–Trinajstić information content (AvgIpc) is 3.32. The molecule has 0 spiro atoms. The summed E-state index contributed by atoms with van der Waals surface area (Å²) in [5.74, 6) is 2.94. The molecule has 0 saturated carbocycles. The van der Waals surface area contributed by atoms with Gasteiger partial charge in [0.25, 0.3) is 0 Å². The second-order valence-electron chi connectivity index (χ2n) is 5.41. The molecule has 2 heterocycles.